The lowest BCUT2D eigenvalue weighted by Gasteiger charge is -2.41. The minimum atomic E-state index is 0.374. The number of hydrogen-bond donors (Lipinski definition) is 2. The van der Waals surface area contributed by atoms with E-state index in [1.807, 2.05) is 0 Å². The van der Waals surface area contributed by atoms with E-state index in [-0.39, 0.29) is 0 Å². The zero-order valence-corrected chi connectivity index (χ0v) is 9.21. The zero-order valence-electron chi connectivity index (χ0n) is 9.21. The average Bonchev–Trinajstić information content (AvgIpc) is 2.24. The van der Waals surface area contributed by atoms with E-state index in [0.29, 0.717) is 18.6 Å². The third-order valence-electron chi connectivity index (χ3n) is 4.19. The lowest BCUT2D eigenvalue weighted by molar-refractivity contribution is 0.117. The molecule has 2 heteroatoms. The molecule has 0 aromatic heterocycles. The maximum absolute atomic E-state index is 9.29. The number of rotatable bonds is 3. The Morgan fingerprint density at radius 3 is 2.43 bits per heavy atom. The van der Waals surface area contributed by atoms with Gasteiger partial charge in [-0.1, -0.05) is 19.8 Å². The Morgan fingerprint density at radius 1 is 1.07 bits per heavy atom. The van der Waals surface area contributed by atoms with Gasteiger partial charge in [0.05, 0.1) is 0 Å². The van der Waals surface area contributed by atoms with Crippen LogP contribution in [0.1, 0.15) is 45.4 Å². The first-order valence-electron chi connectivity index (χ1n) is 6.18. The molecule has 2 saturated carbocycles. The van der Waals surface area contributed by atoms with Crippen molar-refractivity contribution in [3.8, 4) is 0 Å². The van der Waals surface area contributed by atoms with E-state index in [9.17, 15) is 5.11 Å². The molecule has 2 nitrogen and oxygen atoms in total. The van der Waals surface area contributed by atoms with Gasteiger partial charge in [-0.15, -0.1) is 0 Å². The summed E-state index contributed by atoms with van der Waals surface area (Å²) in [6.07, 6.45) is 7.87. The molecule has 4 atom stereocenters. The third-order valence-corrected chi connectivity index (χ3v) is 4.19. The molecule has 0 aromatic rings. The highest BCUT2D eigenvalue weighted by Crippen LogP contribution is 2.30. The molecule has 2 aliphatic carbocycles. The van der Waals surface area contributed by atoms with Crippen LogP contribution < -0.4 is 5.32 Å². The molecule has 0 heterocycles. The van der Waals surface area contributed by atoms with E-state index in [2.05, 4.69) is 12.2 Å². The van der Waals surface area contributed by atoms with E-state index in [1.165, 1.54) is 38.5 Å². The summed E-state index contributed by atoms with van der Waals surface area (Å²) < 4.78 is 0. The van der Waals surface area contributed by atoms with Gasteiger partial charge < -0.3 is 10.4 Å². The predicted molar refractivity (Wildman–Crippen MR) is 58.2 cm³/mol. The Hall–Kier alpha value is -0.0800. The first-order chi connectivity index (χ1) is 6.81. The molecule has 2 rings (SSSR count). The van der Waals surface area contributed by atoms with Crippen LogP contribution in [0.25, 0.3) is 0 Å². The number of aliphatic hydroxyl groups is 1. The molecule has 2 fully saturated rings. The summed E-state index contributed by atoms with van der Waals surface area (Å²) in [5.41, 5.74) is 0. The summed E-state index contributed by atoms with van der Waals surface area (Å²) in [5.74, 6) is 1.38. The molecular formula is C12H23NO. The fourth-order valence-corrected chi connectivity index (χ4v) is 2.83. The van der Waals surface area contributed by atoms with Crippen molar-refractivity contribution in [2.45, 2.75) is 57.5 Å². The van der Waals surface area contributed by atoms with Crippen LogP contribution in [0.3, 0.4) is 0 Å². The van der Waals surface area contributed by atoms with Crippen molar-refractivity contribution in [2.24, 2.45) is 11.8 Å². The molecule has 14 heavy (non-hydrogen) atoms. The standard InChI is InChI=1S/C12H23NO/c1-9-6-7-11(9)13-12-5-3-2-4-10(12)8-14/h9-14H,2-8H2,1H3/t9?,10-,11?,12+/m0/s1. The third kappa shape index (κ3) is 2.12. The predicted octanol–water partition coefficient (Wildman–Crippen LogP) is 1.93. The highest BCUT2D eigenvalue weighted by Gasteiger charge is 2.32. The van der Waals surface area contributed by atoms with Crippen LogP contribution in [0.15, 0.2) is 0 Å². The van der Waals surface area contributed by atoms with Crippen molar-refractivity contribution >= 4 is 0 Å². The Morgan fingerprint density at radius 2 is 1.86 bits per heavy atom. The van der Waals surface area contributed by atoms with E-state index in [0.717, 1.165) is 12.0 Å². The molecule has 0 bridgehead atoms. The molecule has 2 unspecified atom stereocenters. The molecule has 82 valence electrons. The fraction of sp³-hybridized carbons (Fsp3) is 1.00. The van der Waals surface area contributed by atoms with Crippen molar-refractivity contribution < 1.29 is 5.11 Å². The summed E-state index contributed by atoms with van der Waals surface area (Å²) in [7, 11) is 0. The van der Waals surface area contributed by atoms with Gasteiger partial charge in [0, 0.05) is 18.7 Å². The Balaban J connectivity index is 1.81. The largest absolute Gasteiger partial charge is 0.396 e. The van der Waals surface area contributed by atoms with Crippen LogP contribution in [0.4, 0.5) is 0 Å². The quantitative estimate of drug-likeness (QED) is 0.724. The van der Waals surface area contributed by atoms with Gasteiger partial charge in [0.1, 0.15) is 0 Å². The first kappa shape index (κ1) is 10.4. The van der Waals surface area contributed by atoms with Crippen molar-refractivity contribution in [1.29, 1.82) is 0 Å². The molecule has 0 spiro atoms. The highest BCUT2D eigenvalue weighted by atomic mass is 16.3. The minimum Gasteiger partial charge on any atom is -0.396 e. The van der Waals surface area contributed by atoms with Crippen LogP contribution in [0.2, 0.25) is 0 Å². The maximum Gasteiger partial charge on any atom is 0.0474 e. The second-order valence-corrected chi connectivity index (χ2v) is 5.16. The molecule has 0 saturated heterocycles. The van der Waals surface area contributed by atoms with Crippen molar-refractivity contribution in [3.63, 3.8) is 0 Å². The summed E-state index contributed by atoms with van der Waals surface area (Å²) in [6, 6.07) is 1.34. The van der Waals surface area contributed by atoms with Gasteiger partial charge in [0.2, 0.25) is 0 Å². The van der Waals surface area contributed by atoms with Crippen LogP contribution >= 0.6 is 0 Å². The minimum absolute atomic E-state index is 0.374. The van der Waals surface area contributed by atoms with Gasteiger partial charge in [0.15, 0.2) is 0 Å². The van der Waals surface area contributed by atoms with Crippen LogP contribution in [0.5, 0.6) is 0 Å². The topological polar surface area (TPSA) is 32.3 Å². The maximum atomic E-state index is 9.29. The molecule has 0 aromatic carbocycles. The van der Waals surface area contributed by atoms with E-state index in [4.69, 9.17) is 0 Å². The second kappa shape index (κ2) is 4.63. The normalized spacial score (nSPS) is 43.3. The van der Waals surface area contributed by atoms with Gasteiger partial charge in [-0.2, -0.15) is 0 Å². The van der Waals surface area contributed by atoms with Crippen molar-refractivity contribution in [3.05, 3.63) is 0 Å². The number of hydrogen-bond acceptors (Lipinski definition) is 2. The van der Waals surface area contributed by atoms with E-state index < -0.39 is 0 Å². The molecule has 0 radical (unpaired) electrons. The van der Waals surface area contributed by atoms with Gasteiger partial charge in [-0.3, -0.25) is 0 Å². The van der Waals surface area contributed by atoms with Crippen molar-refractivity contribution in [1.82, 2.24) is 5.32 Å². The Kier molecular flexibility index (Phi) is 3.45. The monoisotopic (exact) mass is 197 g/mol. The summed E-state index contributed by atoms with van der Waals surface area (Å²) >= 11 is 0. The Labute approximate surface area is 87.1 Å². The van der Waals surface area contributed by atoms with Gasteiger partial charge in [-0.05, 0) is 37.5 Å². The highest BCUT2D eigenvalue weighted by molar-refractivity contribution is 4.90. The fourth-order valence-electron chi connectivity index (χ4n) is 2.83. The molecule has 2 N–H and O–H groups in total. The average molecular weight is 197 g/mol. The van der Waals surface area contributed by atoms with E-state index in [1.54, 1.807) is 0 Å². The summed E-state index contributed by atoms with van der Waals surface area (Å²) in [5, 5.41) is 13.0. The van der Waals surface area contributed by atoms with Crippen LogP contribution in [0, 0.1) is 11.8 Å². The number of aliphatic hydroxyl groups excluding tert-OH is 1. The second-order valence-electron chi connectivity index (χ2n) is 5.16. The molecular weight excluding hydrogens is 174 g/mol. The van der Waals surface area contributed by atoms with Gasteiger partial charge in [0.25, 0.3) is 0 Å². The van der Waals surface area contributed by atoms with E-state index >= 15 is 0 Å². The SMILES string of the molecule is CC1CCC1N[C@@H]1CCCC[C@H]1CO. The van der Waals surface area contributed by atoms with Crippen molar-refractivity contribution in [2.75, 3.05) is 6.61 Å². The summed E-state index contributed by atoms with van der Waals surface area (Å²) in [4.78, 5) is 0. The van der Waals surface area contributed by atoms with Gasteiger partial charge >= 0.3 is 0 Å². The van der Waals surface area contributed by atoms with Gasteiger partial charge in [-0.25, -0.2) is 0 Å². The smallest absolute Gasteiger partial charge is 0.0474 e. The van der Waals surface area contributed by atoms with Crippen LogP contribution in [-0.2, 0) is 0 Å². The lowest BCUT2D eigenvalue weighted by Crippen LogP contribution is -2.51. The molecule has 0 amide bonds. The summed E-state index contributed by atoms with van der Waals surface area (Å²) in [6.45, 7) is 2.71. The Bertz CT molecular complexity index is 183. The lowest BCUT2D eigenvalue weighted by atomic mass is 9.78. The molecule has 2 aliphatic rings. The van der Waals surface area contributed by atoms with Crippen LogP contribution in [-0.4, -0.2) is 23.8 Å². The first-order valence-corrected chi connectivity index (χ1v) is 6.18. The molecule has 0 aliphatic heterocycles. The number of nitrogens with one attached hydrogen (secondary N) is 1. The zero-order chi connectivity index (χ0) is 9.97.